The van der Waals surface area contributed by atoms with E-state index in [9.17, 15) is 9.90 Å². The Hall–Kier alpha value is -1.83. The lowest BCUT2D eigenvalue weighted by molar-refractivity contribution is -0.143. The third-order valence-corrected chi connectivity index (χ3v) is 4.97. The van der Waals surface area contributed by atoms with E-state index in [0.717, 1.165) is 6.42 Å². The fourth-order valence-corrected chi connectivity index (χ4v) is 3.88. The van der Waals surface area contributed by atoms with Gasteiger partial charge in [0.2, 0.25) is 0 Å². The van der Waals surface area contributed by atoms with E-state index in [1.165, 1.54) is 21.9 Å². The fourth-order valence-electron chi connectivity index (χ4n) is 3.88. The predicted molar refractivity (Wildman–Crippen MR) is 69.6 cm³/mol. The molecule has 90 valence electrons. The van der Waals surface area contributed by atoms with E-state index in [0.29, 0.717) is 0 Å². The molecule has 0 saturated heterocycles. The van der Waals surface area contributed by atoms with Crippen molar-refractivity contribution in [1.82, 2.24) is 0 Å². The average molecular weight is 238 g/mol. The van der Waals surface area contributed by atoms with Gasteiger partial charge in [0.1, 0.15) is 0 Å². The minimum Gasteiger partial charge on any atom is -0.481 e. The van der Waals surface area contributed by atoms with Crippen molar-refractivity contribution in [3.05, 3.63) is 47.5 Å². The van der Waals surface area contributed by atoms with Gasteiger partial charge in [-0.2, -0.15) is 0 Å². The first-order chi connectivity index (χ1) is 8.64. The molecule has 2 aromatic carbocycles. The highest BCUT2D eigenvalue weighted by Gasteiger charge is 2.68. The SMILES string of the molecule is C[C@]1(C(=O)O)[C@@H]2Cc3cccc4cccc(c34)[C@@H]21. The van der Waals surface area contributed by atoms with Crippen LogP contribution in [0.4, 0.5) is 0 Å². The van der Waals surface area contributed by atoms with E-state index in [1.807, 2.05) is 13.0 Å². The summed E-state index contributed by atoms with van der Waals surface area (Å²) in [7, 11) is 0. The summed E-state index contributed by atoms with van der Waals surface area (Å²) in [5, 5.41) is 12.0. The maximum Gasteiger partial charge on any atom is 0.310 e. The molecule has 2 nitrogen and oxygen atoms in total. The molecular formula is C16H14O2. The van der Waals surface area contributed by atoms with Crippen molar-refractivity contribution >= 4 is 16.7 Å². The molecule has 1 fully saturated rings. The van der Waals surface area contributed by atoms with Crippen LogP contribution in [0.2, 0.25) is 0 Å². The van der Waals surface area contributed by atoms with Gasteiger partial charge >= 0.3 is 5.97 Å². The minimum absolute atomic E-state index is 0.202. The molecule has 0 unspecified atom stereocenters. The van der Waals surface area contributed by atoms with Gasteiger partial charge in [-0.1, -0.05) is 36.4 Å². The molecule has 4 rings (SSSR count). The molecule has 3 atom stereocenters. The summed E-state index contributed by atoms with van der Waals surface area (Å²) in [5.41, 5.74) is 1.99. The van der Waals surface area contributed by atoms with Gasteiger partial charge in [0.05, 0.1) is 5.41 Å². The Labute approximate surface area is 105 Å². The first-order valence-corrected chi connectivity index (χ1v) is 6.38. The summed E-state index contributed by atoms with van der Waals surface area (Å²) >= 11 is 0. The zero-order valence-electron chi connectivity index (χ0n) is 10.2. The lowest BCUT2D eigenvalue weighted by Gasteiger charge is -2.15. The van der Waals surface area contributed by atoms with Gasteiger partial charge in [-0.25, -0.2) is 0 Å². The molecule has 0 bridgehead atoms. The molecule has 0 aromatic heterocycles. The maximum atomic E-state index is 11.5. The van der Waals surface area contributed by atoms with Crippen LogP contribution in [-0.4, -0.2) is 11.1 Å². The predicted octanol–water partition coefficient (Wildman–Crippen LogP) is 3.20. The van der Waals surface area contributed by atoms with Gasteiger partial charge in [-0.3, -0.25) is 4.79 Å². The molecule has 18 heavy (non-hydrogen) atoms. The molecule has 2 heteroatoms. The Bertz CT molecular complexity index is 683. The summed E-state index contributed by atoms with van der Waals surface area (Å²) in [6.45, 7) is 1.90. The molecule has 1 N–H and O–H groups in total. The van der Waals surface area contributed by atoms with Gasteiger partial charge in [0.25, 0.3) is 0 Å². The first kappa shape index (κ1) is 10.1. The Kier molecular flexibility index (Phi) is 1.66. The highest BCUT2D eigenvalue weighted by Crippen LogP contribution is 2.69. The van der Waals surface area contributed by atoms with Crippen molar-refractivity contribution in [2.45, 2.75) is 19.3 Å². The topological polar surface area (TPSA) is 37.3 Å². The monoisotopic (exact) mass is 238 g/mol. The zero-order valence-corrected chi connectivity index (χ0v) is 10.2. The molecule has 0 spiro atoms. The van der Waals surface area contributed by atoms with Crippen LogP contribution >= 0.6 is 0 Å². The minimum atomic E-state index is -0.651. The Morgan fingerprint density at radius 1 is 1.28 bits per heavy atom. The van der Waals surface area contributed by atoms with Crippen LogP contribution in [0.3, 0.4) is 0 Å². The highest BCUT2D eigenvalue weighted by molar-refractivity contribution is 5.94. The smallest absolute Gasteiger partial charge is 0.310 e. The van der Waals surface area contributed by atoms with Crippen molar-refractivity contribution in [2.75, 3.05) is 0 Å². The molecule has 2 aromatic rings. The number of fused-ring (bicyclic) bond motifs is 2. The number of carboxylic acid groups (broad SMARTS) is 1. The van der Waals surface area contributed by atoms with Crippen LogP contribution in [0.5, 0.6) is 0 Å². The van der Waals surface area contributed by atoms with Gasteiger partial charge in [0, 0.05) is 5.92 Å². The third-order valence-electron chi connectivity index (χ3n) is 4.97. The Morgan fingerprint density at radius 2 is 2.00 bits per heavy atom. The van der Waals surface area contributed by atoms with Crippen LogP contribution in [0.15, 0.2) is 36.4 Å². The largest absolute Gasteiger partial charge is 0.481 e. The summed E-state index contributed by atoms with van der Waals surface area (Å²) in [5.74, 6) is -0.175. The average Bonchev–Trinajstić information content (AvgIpc) is 2.98. The molecule has 0 aliphatic heterocycles. The van der Waals surface area contributed by atoms with Gasteiger partial charge in [0.15, 0.2) is 0 Å². The van der Waals surface area contributed by atoms with Gasteiger partial charge in [-0.15, -0.1) is 0 Å². The summed E-state index contributed by atoms with van der Waals surface area (Å²) < 4.78 is 0. The van der Waals surface area contributed by atoms with Gasteiger partial charge < -0.3 is 5.11 Å². The lowest BCUT2D eigenvalue weighted by Crippen LogP contribution is -2.14. The van der Waals surface area contributed by atoms with E-state index in [2.05, 4.69) is 30.3 Å². The first-order valence-electron chi connectivity index (χ1n) is 6.38. The van der Waals surface area contributed by atoms with E-state index in [-0.39, 0.29) is 11.8 Å². The number of carboxylic acids is 1. The second kappa shape index (κ2) is 2.94. The number of carbonyl (C=O) groups is 1. The van der Waals surface area contributed by atoms with Crippen molar-refractivity contribution in [3.63, 3.8) is 0 Å². The number of hydrogen-bond donors (Lipinski definition) is 1. The highest BCUT2D eigenvalue weighted by atomic mass is 16.4. The quantitative estimate of drug-likeness (QED) is 0.828. The van der Waals surface area contributed by atoms with Crippen molar-refractivity contribution < 1.29 is 9.90 Å². The molecule has 2 aliphatic rings. The fraction of sp³-hybridized carbons (Fsp3) is 0.312. The third kappa shape index (κ3) is 0.976. The van der Waals surface area contributed by atoms with E-state index >= 15 is 0 Å². The van der Waals surface area contributed by atoms with Crippen LogP contribution in [0.1, 0.15) is 24.0 Å². The van der Waals surface area contributed by atoms with Crippen LogP contribution < -0.4 is 0 Å². The van der Waals surface area contributed by atoms with Crippen molar-refractivity contribution in [1.29, 1.82) is 0 Å². The standard InChI is InChI=1S/C16H14O2/c1-16(15(17)18)12-8-10-6-2-4-9-5-3-7-11(13(9)10)14(12)16/h2-7,12,14H,8H2,1H3,(H,17,18)/t12-,14+,16+/m1/s1. The van der Waals surface area contributed by atoms with E-state index < -0.39 is 11.4 Å². The summed E-state index contributed by atoms with van der Waals surface area (Å²) in [4.78, 5) is 11.5. The molecule has 1 saturated carbocycles. The number of rotatable bonds is 1. The molecular weight excluding hydrogens is 224 g/mol. The lowest BCUT2D eigenvalue weighted by atomic mass is 9.89. The van der Waals surface area contributed by atoms with Crippen molar-refractivity contribution in [2.24, 2.45) is 11.3 Å². The van der Waals surface area contributed by atoms with Gasteiger partial charge in [-0.05, 0) is 41.2 Å². The molecule has 0 amide bonds. The van der Waals surface area contributed by atoms with Crippen LogP contribution in [0.25, 0.3) is 10.8 Å². The van der Waals surface area contributed by atoms with Crippen LogP contribution in [-0.2, 0) is 11.2 Å². The molecule has 2 aliphatic carbocycles. The maximum absolute atomic E-state index is 11.5. The second-order valence-electron chi connectivity index (χ2n) is 5.74. The number of hydrogen-bond acceptors (Lipinski definition) is 1. The molecule has 0 radical (unpaired) electrons. The van der Waals surface area contributed by atoms with Crippen LogP contribution in [0, 0.1) is 11.3 Å². The van der Waals surface area contributed by atoms with E-state index in [1.54, 1.807) is 0 Å². The Morgan fingerprint density at radius 3 is 2.72 bits per heavy atom. The zero-order chi connectivity index (χ0) is 12.5. The normalized spacial score (nSPS) is 32.1. The summed E-state index contributed by atoms with van der Waals surface area (Å²) in [6, 6.07) is 12.6. The number of aliphatic carboxylic acids is 1. The van der Waals surface area contributed by atoms with Crippen molar-refractivity contribution in [3.8, 4) is 0 Å². The number of benzene rings is 2. The second-order valence-corrected chi connectivity index (χ2v) is 5.74. The van der Waals surface area contributed by atoms with E-state index in [4.69, 9.17) is 0 Å². The Balaban J connectivity index is 2.01. The molecule has 0 heterocycles. The summed E-state index contributed by atoms with van der Waals surface area (Å²) in [6.07, 6.45) is 0.905.